The van der Waals surface area contributed by atoms with Crippen molar-refractivity contribution in [1.29, 1.82) is 0 Å². The number of amides is 1. The molecule has 2 heterocycles. The monoisotopic (exact) mass is 466 g/mol. The first kappa shape index (κ1) is 22.6. The summed E-state index contributed by atoms with van der Waals surface area (Å²) in [5.74, 6) is -1.13. The standard InChI is InChI=1S/C24H20F2N4O2S/c1-14-11-15(2)29-24(28-14)33-18-6-4-17(5-7-18)30-22(31)9-10-23-27-13-21(32-23)19-8-3-16(25)12-20(19)26/h3-8,11-13H,9-10H2,1-2H3,(H,30,31). The van der Waals surface area contributed by atoms with Crippen LogP contribution < -0.4 is 5.32 Å². The maximum atomic E-state index is 13.9. The number of halogens is 2. The van der Waals surface area contributed by atoms with Crippen LogP contribution in [0.15, 0.2) is 69.2 Å². The number of hydrogen-bond donors (Lipinski definition) is 1. The van der Waals surface area contributed by atoms with Crippen LogP contribution in [0.3, 0.4) is 0 Å². The van der Waals surface area contributed by atoms with E-state index >= 15 is 0 Å². The summed E-state index contributed by atoms with van der Waals surface area (Å²) >= 11 is 1.45. The number of rotatable bonds is 7. The van der Waals surface area contributed by atoms with E-state index in [2.05, 4.69) is 20.3 Å². The first-order valence-corrected chi connectivity index (χ1v) is 11.0. The zero-order chi connectivity index (χ0) is 23.4. The van der Waals surface area contributed by atoms with Gasteiger partial charge in [0.1, 0.15) is 11.6 Å². The molecule has 0 fully saturated rings. The van der Waals surface area contributed by atoms with Crippen LogP contribution in [0.1, 0.15) is 23.7 Å². The molecule has 2 aromatic carbocycles. The molecule has 33 heavy (non-hydrogen) atoms. The number of carbonyl (C=O) groups is 1. The lowest BCUT2D eigenvalue weighted by Crippen LogP contribution is -2.12. The molecule has 168 valence electrons. The number of aryl methyl sites for hydroxylation is 3. The van der Waals surface area contributed by atoms with E-state index in [1.54, 1.807) is 0 Å². The Morgan fingerprint density at radius 1 is 1.03 bits per heavy atom. The van der Waals surface area contributed by atoms with Gasteiger partial charge in [0.15, 0.2) is 16.8 Å². The highest BCUT2D eigenvalue weighted by atomic mass is 32.2. The molecule has 0 spiro atoms. The van der Waals surface area contributed by atoms with Gasteiger partial charge in [-0.2, -0.15) is 0 Å². The van der Waals surface area contributed by atoms with Gasteiger partial charge < -0.3 is 9.73 Å². The number of nitrogens with zero attached hydrogens (tertiary/aromatic N) is 3. The van der Waals surface area contributed by atoms with Gasteiger partial charge in [-0.15, -0.1) is 0 Å². The normalized spacial score (nSPS) is 10.9. The van der Waals surface area contributed by atoms with Crippen molar-refractivity contribution in [3.63, 3.8) is 0 Å². The molecular formula is C24H20F2N4O2S. The van der Waals surface area contributed by atoms with Gasteiger partial charge in [-0.3, -0.25) is 4.79 Å². The van der Waals surface area contributed by atoms with Crippen LogP contribution in [0.2, 0.25) is 0 Å². The van der Waals surface area contributed by atoms with Gasteiger partial charge in [-0.05, 0) is 68.1 Å². The van der Waals surface area contributed by atoms with Crippen LogP contribution in [-0.4, -0.2) is 20.9 Å². The Bertz CT molecular complexity index is 1270. The minimum Gasteiger partial charge on any atom is -0.441 e. The number of benzene rings is 2. The average molecular weight is 467 g/mol. The third-order valence-corrected chi connectivity index (χ3v) is 5.50. The molecule has 1 N–H and O–H groups in total. The fourth-order valence-corrected chi connectivity index (χ4v) is 4.00. The molecule has 0 atom stereocenters. The number of aromatic nitrogens is 3. The third kappa shape index (κ3) is 6.01. The Balaban J connectivity index is 1.30. The third-order valence-electron chi connectivity index (χ3n) is 4.63. The fourth-order valence-electron chi connectivity index (χ4n) is 3.13. The predicted molar refractivity (Wildman–Crippen MR) is 121 cm³/mol. The predicted octanol–water partition coefficient (Wildman–Crippen LogP) is 5.75. The van der Waals surface area contributed by atoms with Crippen LogP contribution in [0.25, 0.3) is 11.3 Å². The van der Waals surface area contributed by atoms with Crippen molar-refractivity contribution in [2.45, 2.75) is 36.7 Å². The number of hydrogen-bond acceptors (Lipinski definition) is 6. The quantitative estimate of drug-likeness (QED) is 0.349. The van der Waals surface area contributed by atoms with Gasteiger partial charge in [0.05, 0.1) is 11.8 Å². The van der Waals surface area contributed by atoms with Crippen molar-refractivity contribution in [2.24, 2.45) is 0 Å². The summed E-state index contributed by atoms with van der Waals surface area (Å²) in [6, 6.07) is 12.5. The highest BCUT2D eigenvalue weighted by Crippen LogP contribution is 2.27. The van der Waals surface area contributed by atoms with E-state index in [1.807, 2.05) is 44.2 Å². The van der Waals surface area contributed by atoms with Gasteiger partial charge in [0, 0.05) is 40.9 Å². The van der Waals surface area contributed by atoms with E-state index < -0.39 is 11.6 Å². The maximum Gasteiger partial charge on any atom is 0.224 e. The number of anilines is 1. The molecule has 1 amide bonds. The van der Waals surface area contributed by atoms with E-state index in [4.69, 9.17) is 4.42 Å². The molecule has 4 rings (SSSR count). The number of oxazole rings is 1. The SMILES string of the molecule is Cc1cc(C)nc(Sc2ccc(NC(=O)CCc3ncc(-c4ccc(F)cc4F)o3)cc2)n1. The van der Waals surface area contributed by atoms with Crippen molar-refractivity contribution in [2.75, 3.05) is 5.32 Å². The molecule has 0 saturated carbocycles. The summed E-state index contributed by atoms with van der Waals surface area (Å²) in [5.41, 5.74) is 2.60. The summed E-state index contributed by atoms with van der Waals surface area (Å²) in [6.45, 7) is 3.86. The lowest BCUT2D eigenvalue weighted by Gasteiger charge is -2.06. The van der Waals surface area contributed by atoms with Crippen molar-refractivity contribution >= 4 is 23.4 Å². The molecule has 4 aromatic rings. The fraction of sp³-hybridized carbons (Fsp3) is 0.167. The maximum absolute atomic E-state index is 13.9. The lowest BCUT2D eigenvalue weighted by molar-refractivity contribution is -0.116. The molecule has 9 heteroatoms. The number of carbonyl (C=O) groups excluding carboxylic acids is 1. The average Bonchev–Trinajstić information content (AvgIpc) is 3.22. The molecule has 6 nitrogen and oxygen atoms in total. The molecule has 0 aliphatic rings. The highest BCUT2D eigenvalue weighted by Gasteiger charge is 2.13. The summed E-state index contributed by atoms with van der Waals surface area (Å²) < 4.78 is 32.5. The van der Waals surface area contributed by atoms with Gasteiger partial charge in [-0.25, -0.2) is 23.7 Å². The zero-order valence-electron chi connectivity index (χ0n) is 17.9. The molecule has 0 unspecified atom stereocenters. The first-order chi connectivity index (χ1) is 15.9. The Labute approximate surface area is 193 Å². The van der Waals surface area contributed by atoms with E-state index in [1.165, 1.54) is 24.0 Å². The van der Waals surface area contributed by atoms with Crippen LogP contribution in [0.4, 0.5) is 14.5 Å². The second-order valence-electron chi connectivity index (χ2n) is 7.35. The van der Waals surface area contributed by atoms with E-state index in [9.17, 15) is 13.6 Å². The Kier molecular flexibility index (Phi) is 6.79. The molecule has 0 aliphatic heterocycles. The Hall–Kier alpha value is -3.59. The minimum atomic E-state index is -0.735. The van der Waals surface area contributed by atoms with Crippen molar-refractivity contribution in [1.82, 2.24) is 15.0 Å². The summed E-state index contributed by atoms with van der Waals surface area (Å²) in [7, 11) is 0. The van der Waals surface area contributed by atoms with Crippen molar-refractivity contribution < 1.29 is 18.0 Å². The summed E-state index contributed by atoms with van der Waals surface area (Å²) in [4.78, 5) is 26.2. The van der Waals surface area contributed by atoms with Gasteiger partial charge in [-0.1, -0.05) is 0 Å². The van der Waals surface area contributed by atoms with E-state index in [0.717, 1.165) is 28.4 Å². The number of nitrogens with one attached hydrogen (secondary N) is 1. The second-order valence-corrected chi connectivity index (χ2v) is 8.39. The highest BCUT2D eigenvalue weighted by molar-refractivity contribution is 7.99. The largest absolute Gasteiger partial charge is 0.441 e. The van der Waals surface area contributed by atoms with Crippen LogP contribution in [0, 0.1) is 25.5 Å². The van der Waals surface area contributed by atoms with Crippen LogP contribution in [-0.2, 0) is 11.2 Å². The van der Waals surface area contributed by atoms with Gasteiger partial charge in [0.25, 0.3) is 0 Å². The molecular weight excluding hydrogens is 446 g/mol. The summed E-state index contributed by atoms with van der Waals surface area (Å²) in [5, 5.41) is 3.50. The smallest absolute Gasteiger partial charge is 0.224 e. The van der Waals surface area contributed by atoms with Crippen LogP contribution >= 0.6 is 11.8 Å². The first-order valence-electron chi connectivity index (χ1n) is 10.2. The molecule has 0 aliphatic carbocycles. The van der Waals surface area contributed by atoms with E-state index in [0.29, 0.717) is 16.7 Å². The van der Waals surface area contributed by atoms with E-state index in [-0.39, 0.29) is 30.1 Å². The van der Waals surface area contributed by atoms with Crippen molar-refractivity contribution in [3.05, 3.63) is 83.6 Å². The molecule has 0 saturated heterocycles. The minimum absolute atomic E-state index is 0.115. The lowest BCUT2D eigenvalue weighted by atomic mass is 10.2. The topological polar surface area (TPSA) is 80.9 Å². The Morgan fingerprint density at radius 3 is 2.45 bits per heavy atom. The van der Waals surface area contributed by atoms with Crippen molar-refractivity contribution in [3.8, 4) is 11.3 Å². The molecule has 2 aromatic heterocycles. The van der Waals surface area contributed by atoms with Crippen LogP contribution in [0.5, 0.6) is 0 Å². The second kappa shape index (κ2) is 9.91. The Morgan fingerprint density at radius 2 is 1.76 bits per heavy atom. The zero-order valence-corrected chi connectivity index (χ0v) is 18.7. The molecule has 0 bridgehead atoms. The molecule has 0 radical (unpaired) electrons. The van der Waals surface area contributed by atoms with Gasteiger partial charge in [0.2, 0.25) is 5.91 Å². The van der Waals surface area contributed by atoms with Gasteiger partial charge >= 0.3 is 0 Å². The summed E-state index contributed by atoms with van der Waals surface area (Å²) in [6.07, 6.45) is 1.74.